The van der Waals surface area contributed by atoms with E-state index < -0.39 is 0 Å². The molecule has 29 heavy (non-hydrogen) atoms. The third-order valence-corrected chi connectivity index (χ3v) is 6.37. The molecule has 4 nitrogen and oxygen atoms in total. The summed E-state index contributed by atoms with van der Waals surface area (Å²) in [6.07, 6.45) is 1.85. The van der Waals surface area contributed by atoms with E-state index in [9.17, 15) is 0 Å². The number of nitrogens with one attached hydrogen (secondary N) is 1. The smallest absolute Gasteiger partial charge is 0.170 e. The van der Waals surface area contributed by atoms with Gasteiger partial charge in [-0.2, -0.15) is 0 Å². The molecule has 2 aromatic heterocycles. The monoisotopic (exact) mass is 468 g/mol. The van der Waals surface area contributed by atoms with E-state index in [1.807, 2.05) is 18.3 Å². The van der Waals surface area contributed by atoms with Crippen molar-refractivity contribution < 1.29 is 0 Å². The van der Waals surface area contributed by atoms with Gasteiger partial charge in [-0.3, -0.25) is 4.98 Å². The number of thiocarbonyl (C=S) groups is 1. The molecule has 1 fully saturated rings. The summed E-state index contributed by atoms with van der Waals surface area (Å²) in [4.78, 5) is 6.94. The minimum absolute atomic E-state index is 0.0163. The van der Waals surface area contributed by atoms with Crippen LogP contribution in [0.1, 0.15) is 48.6 Å². The predicted molar refractivity (Wildman–Crippen MR) is 125 cm³/mol. The third kappa shape index (κ3) is 3.60. The number of pyridine rings is 1. The van der Waals surface area contributed by atoms with Crippen molar-refractivity contribution in [3.8, 4) is 5.69 Å². The van der Waals surface area contributed by atoms with Crippen LogP contribution in [0.5, 0.6) is 0 Å². The zero-order valence-corrected chi connectivity index (χ0v) is 19.5. The van der Waals surface area contributed by atoms with Crippen LogP contribution in [-0.4, -0.2) is 25.6 Å². The van der Waals surface area contributed by atoms with Gasteiger partial charge in [0.15, 0.2) is 5.11 Å². The predicted octanol–water partition coefficient (Wildman–Crippen LogP) is 5.63. The van der Waals surface area contributed by atoms with E-state index in [1.54, 1.807) is 0 Å². The van der Waals surface area contributed by atoms with Crippen molar-refractivity contribution in [3.63, 3.8) is 0 Å². The number of rotatable bonds is 4. The molecule has 1 saturated heterocycles. The molecule has 0 unspecified atom stereocenters. The molecule has 0 saturated carbocycles. The summed E-state index contributed by atoms with van der Waals surface area (Å²) in [7, 11) is 0. The summed E-state index contributed by atoms with van der Waals surface area (Å²) >= 11 is 9.34. The fraction of sp³-hybridized carbons (Fsp3) is 0.304. The lowest BCUT2D eigenvalue weighted by atomic mass is 9.96. The zero-order chi connectivity index (χ0) is 20.7. The summed E-state index contributed by atoms with van der Waals surface area (Å²) in [5.74, 6) is 0. The van der Waals surface area contributed by atoms with Crippen molar-refractivity contribution in [2.75, 3.05) is 0 Å². The van der Waals surface area contributed by atoms with Crippen LogP contribution in [0.2, 0.25) is 0 Å². The van der Waals surface area contributed by atoms with E-state index in [4.69, 9.17) is 12.2 Å². The van der Waals surface area contributed by atoms with Gasteiger partial charge >= 0.3 is 0 Å². The number of hydrogen-bond donors (Lipinski definition) is 1. The number of hydrogen-bond acceptors (Lipinski definition) is 2. The van der Waals surface area contributed by atoms with E-state index in [2.05, 4.69) is 99.8 Å². The highest BCUT2D eigenvalue weighted by Gasteiger charge is 2.42. The SMILES string of the molecule is Cc1cc([C@@H]2[C@@H](c3ccccn3)NC(=S)N2C(C)C)c(C)n1-c1cccc(Br)c1. The average molecular weight is 469 g/mol. The molecule has 150 valence electrons. The van der Waals surface area contributed by atoms with E-state index in [1.165, 1.54) is 17.0 Å². The third-order valence-electron chi connectivity index (χ3n) is 5.55. The van der Waals surface area contributed by atoms with Gasteiger partial charge in [0.05, 0.1) is 17.8 Å². The minimum atomic E-state index is 0.0163. The van der Waals surface area contributed by atoms with Crippen LogP contribution >= 0.6 is 28.1 Å². The van der Waals surface area contributed by atoms with Crippen LogP contribution in [0.4, 0.5) is 0 Å². The molecular formula is C23H25BrN4S. The molecule has 3 heterocycles. The first-order valence-corrected chi connectivity index (χ1v) is 11.0. The first-order valence-electron chi connectivity index (χ1n) is 9.83. The maximum atomic E-state index is 5.74. The van der Waals surface area contributed by atoms with Crippen LogP contribution < -0.4 is 5.32 Å². The molecular weight excluding hydrogens is 444 g/mol. The fourth-order valence-corrected chi connectivity index (χ4v) is 5.19. The Balaban J connectivity index is 1.86. The molecule has 1 aliphatic rings. The quantitative estimate of drug-likeness (QED) is 0.502. The van der Waals surface area contributed by atoms with Gasteiger partial charge in [0, 0.05) is 33.8 Å². The number of halogens is 1. The van der Waals surface area contributed by atoms with E-state index in [0.29, 0.717) is 0 Å². The maximum Gasteiger partial charge on any atom is 0.170 e. The molecule has 0 radical (unpaired) electrons. The van der Waals surface area contributed by atoms with Gasteiger partial charge in [-0.25, -0.2) is 0 Å². The van der Waals surface area contributed by atoms with Crippen LogP contribution in [0.25, 0.3) is 5.69 Å². The first kappa shape index (κ1) is 20.1. The summed E-state index contributed by atoms with van der Waals surface area (Å²) < 4.78 is 3.39. The Bertz CT molecular complexity index is 1040. The fourth-order valence-electron chi connectivity index (χ4n) is 4.35. The van der Waals surface area contributed by atoms with E-state index in [-0.39, 0.29) is 18.1 Å². The number of aromatic nitrogens is 2. The Hall–Kier alpha value is -2.18. The lowest BCUT2D eigenvalue weighted by molar-refractivity contribution is 0.269. The minimum Gasteiger partial charge on any atom is -0.352 e. The summed E-state index contributed by atoms with van der Waals surface area (Å²) in [6.45, 7) is 8.73. The molecule has 2 atom stereocenters. The summed E-state index contributed by atoms with van der Waals surface area (Å²) in [5, 5.41) is 4.32. The Kier molecular flexibility index (Phi) is 5.49. The number of benzene rings is 1. The largest absolute Gasteiger partial charge is 0.352 e. The lowest BCUT2D eigenvalue weighted by Gasteiger charge is -2.31. The van der Waals surface area contributed by atoms with Crippen molar-refractivity contribution in [2.24, 2.45) is 0 Å². The molecule has 6 heteroatoms. The van der Waals surface area contributed by atoms with Gasteiger partial charge in [-0.15, -0.1) is 0 Å². The number of aryl methyl sites for hydroxylation is 1. The molecule has 1 N–H and O–H groups in total. The van der Waals surface area contributed by atoms with Crippen LogP contribution in [0, 0.1) is 13.8 Å². The normalized spacial score (nSPS) is 19.1. The molecule has 0 spiro atoms. The molecule has 0 bridgehead atoms. The van der Waals surface area contributed by atoms with Gasteiger partial charge in [-0.05, 0) is 81.9 Å². The zero-order valence-electron chi connectivity index (χ0n) is 17.1. The van der Waals surface area contributed by atoms with Crippen molar-refractivity contribution in [1.29, 1.82) is 0 Å². The van der Waals surface area contributed by atoms with Gasteiger partial charge in [-0.1, -0.05) is 28.1 Å². The van der Waals surface area contributed by atoms with Crippen LogP contribution in [0.3, 0.4) is 0 Å². The first-order chi connectivity index (χ1) is 13.9. The van der Waals surface area contributed by atoms with Gasteiger partial charge in [0.25, 0.3) is 0 Å². The molecule has 1 aliphatic heterocycles. The van der Waals surface area contributed by atoms with Gasteiger partial charge < -0.3 is 14.8 Å². The van der Waals surface area contributed by atoms with Gasteiger partial charge in [0.2, 0.25) is 0 Å². The molecule has 0 amide bonds. The molecule has 1 aromatic carbocycles. The topological polar surface area (TPSA) is 33.1 Å². The molecule has 4 rings (SSSR count). The highest BCUT2D eigenvalue weighted by Crippen LogP contribution is 2.42. The maximum absolute atomic E-state index is 5.74. The van der Waals surface area contributed by atoms with Crippen molar-refractivity contribution >= 4 is 33.3 Å². The number of nitrogens with zero attached hydrogens (tertiary/aromatic N) is 3. The van der Waals surface area contributed by atoms with Gasteiger partial charge in [0.1, 0.15) is 0 Å². The van der Waals surface area contributed by atoms with Crippen LogP contribution in [-0.2, 0) is 0 Å². The second-order valence-electron chi connectivity index (χ2n) is 7.77. The van der Waals surface area contributed by atoms with E-state index in [0.717, 1.165) is 21.0 Å². The summed E-state index contributed by atoms with van der Waals surface area (Å²) in [6, 6.07) is 17.1. The Morgan fingerprint density at radius 2 is 1.90 bits per heavy atom. The molecule has 0 aliphatic carbocycles. The Labute approximate surface area is 186 Å². The lowest BCUT2D eigenvalue weighted by Crippen LogP contribution is -2.35. The Morgan fingerprint density at radius 3 is 2.55 bits per heavy atom. The Morgan fingerprint density at radius 1 is 1.10 bits per heavy atom. The van der Waals surface area contributed by atoms with E-state index >= 15 is 0 Å². The summed E-state index contributed by atoms with van der Waals surface area (Å²) in [5.41, 5.74) is 5.87. The molecule has 3 aromatic rings. The van der Waals surface area contributed by atoms with Crippen molar-refractivity contribution in [2.45, 2.75) is 45.8 Å². The standard InChI is InChI=1S/C23H25BrN4S/c1-14(2)27-22(21(26-23(27)29)20-10-5-6-11-25-20)19-12-15(3)28(16(19)4)18-9-7-8-17(24)13-18/h5-14,21-22H,1-4H3,(H,26,29)/t21-,22-/m1/s1. The second-order valence-corrected chi connectivity index (χ2v) is 9.07. The van der Waals surface area contributed by atoms with Crippen molar-refractivity contribution in [3.05, 3.63) is 81.8 Å². The highest BCUT2D eigenvalue weighted by atomic mass is 79.9. The second kappa shape index (κ2) is 7.92. The highest BCUT2D eigenvalue weighted by molar-refractivity contribution is 9.10. The average Bonchev–Trinajstić information content (AvgIpc) is 3.18. The van der Waals surface area contributed by atoms with Crippen LogP contribution in [0.15, 0.2) is 59.2 Å². The van der Waals surface area contributed by atoms with Crippen molar-refractivity contribution in [1.82, 2.24) is 19.8 Å².